The molecule has 1 amide bonds. The summed E-state index contributed by atoms with van der Waals surface area (Å²) in [5.74, 6) is 4.52. The Hall–Kier alpha value is -3.02. The number of benzene rings is 1. The van der Waals surface area contributed by atoms with E-state index in [0.29, 0.717) is 11.7 Å². The number of rotatable bonds is 3. The lowest BCUT2D eigenvalue weighted by Crippen LogP contribution is -2.58. The average molecular weight is 454 g/mol. The van der Waals surface area contributed by atoms with E-state index in [4.69, 9.17) is 9.97 Å². The highest BCUT2D eigenvalue weighted by atomic mass is 16.2. The Balaban J connectivity index is 1.14. The summed E-state index contributed by atoms with van der Waals surface area (Å²) in [4.78, 5) is 32.4. The van der Waals surface area contributed by atoms with Crippen LogP contribution in [-0.4, -0.2) is 51.9 Å². The number of carbonyl (C=O) groups excluding carboxylic acids is 1. The fraction of sp³-hybridized carbons (Fsp3) is 0.500. The molecule has 0 radical (unpaired) electrons. The van der Waals surface area contributed by atoms with Crippen molar-refractivity contribution in [1.29, 1.82) is 0 Å². The standard InChI is InChI=1S/C28H31N5O/c34-27(28-15-19-12-20(16-28)14-21(13-19)17-28)33-10-8-32(9-11-33)26-23-5-1-2-6-24(23)30-25(31-26)22-4-3-7-29-18-22/h1-7,18-21H,8-17H2. The number of amides is 1. The molecule has 0 N–H and O–H groups in total. The predicted octanol–water partition coefficient (Wildman–Crippen LogP) is 4.56. The molecule has 1 aliphatic heterocycles. The second kappa shape index (κ2) is 7.76. The predicted molar refractivity (Wildman–Crippen MR) is 132 cm³/mol. The van der Waals surface area contributed by atoms with Crippen LogP contribution in [0.1, 0.15) is 38.5 Å². The van der Waals surface area contributed by atoms with Crippen LogP contribution in [0.4, 0.5) is 5.82 Å². The SMILES string of the molecule is O=C(N1CCN(c2nc(-c3cccnc3)nc3ccccc23)CC1)C12CC3CC(CC(C3)C1)C2. The molecular weight excluding hydrogens is 422 g/mol. The summed E-state index contributed by atoms with van der Waals surface area (Å²) in [6, 6.07) is 12.1. The molecule has 6 heteroatoms. The largest absolute Gasteiger partial charge is 0.352 e. The van der Waals surface area contributed by atoms with Crippen molar-refractivity contribution in [2.45, 2.75) is 38.5 Å². The molecule has 3 aromatic rings. The highest BCUT2D eigenvalue weighted by molar-refractivity contribution is 5.91. The minimum Gasteiger partial charge on any atom is -0.352 e. The minimum atomic E-state index is -0.0496. The molecule has 4 saturated carbocycles. The molecule has 5 fully saturated rings. The van der Waals surface area contributed by atoms with Gasteiger partial charge in [-0.2, -0.15) is 0 Å². The van der Waals surface area contributed by atoms with Crippen LogP contribution in [-0.2, 0) is 4.79 Å². The van der Waals surface area contributed by atoms with Crippen molar-refractivity contribution in [3.8, 4) is 11.4 Å². The second-order valence-corrected chi connectivity index (χ2v) is 11.1. The zero-order valence-corrected chi connectivity index (χ0v) is 19.6. The number of pyridine rings is 1. The van der Waals surface area contributed by atoms with Crippen LogP contribution >= 0.6 is 0 Å². The van der Waals surface area contributed by atoms with Crippen molar-refractivity contribution in [2.24, 2.45) is 23.2 Å². The molecule has 4 aliphatic carbocycles. The van der Waals surface area contributed by atoms with Gasteiger partial charge >= 0.3 is 0 Å². The number of hydrogen-bond donors (Lipinski definition) is 0. The van der Waals surface area contributed by atoms with E-state index in [1.807, 2.05) is 36.5 Å². The topological polar surface area (TPSA) is 62.2 Å². The van der Waals surface area contributed by atoms with Gasteiger partial charge < -0.3 is 9.80 Å². The lowest BCUT2D eigenvalue weighted by atomic mass is 9.49. The first-order valence-electron chi connectivity index (χ1n) is 12.9. The Labute approximate surface area is 200 Å². The van der Waals surface area contributed by atoms with E-state index in [1.54, 1.807) is 6.20 Å². The van der Waals surface area contributed by atoms with E-state index < -0.39 is 0 Å². The van der Waals surface area contributed by atoms with Gasteiger partial charge in [-0.15, -0.1) is 0 Å². The normalized spacial score (nSPS) is 30.2. The van der Waals surface area contributed by atoms with E-state index in [-0.39, 0.29) is 5.41 Å². The van der Waals surface area contributed by atoms with Crippen molar-refractivity contribution in [3.05, 3.63) is 48.8 Å². The first kappa shape index (κ1) is 20.4. The molecule has 1 saturated heterocycles. The van der Waals surface area contributed by atoms with Crippen LogP contribution in [0.3, 0.4) is 0 Å². The Morgan fingerprint density at radius 1 is 0.853 bits per heavy atom. The summed E-state index contributed by atoms with van der Waals surface area (Å²) in [5.41, 5.74) is 1.81. The number of anilines is 1. The molecular formula is C28H31N5O. The van der Waals surface area contributed by atoms with Gasteiger partial charge in [-0.1, -0.05) is 12.1 Å². The number of piperazine rings is 1. The fourth-order valence-electron chi connectivity index (χ4n) is 7.75. The monoisotopic (exact) mass is 453 g/mol. The van der Waals surface area contributed by atoms with E-state index >= 15 is 0 Å². The molecule has 0 atom stereocenters. The van der Waals surface area contributed by atoms with Gasteiger partial charge in [-0.05, 0) is 80.5 Å². The Bertz CT molecular complexity index is 1200. The molecule has 34 heavy (non-hydrogen) atoms. The molecule has 2 aromatic heterocycles. The van der Waals surface area contributed by atoms with E-state index in [2.05, 4.69) is 20.9 Å². The van der Waals surface area contributed by atoms with Gasteiger partial charge in [0.25, 0.3) is 0 Å². The molecule has 4 bridgehead atoms. The second-order valence-electron chi connectivity index (χ2n) is 11.1. The number of fused-ring (bicyclic) bond motifs is 1. The summed E-state index contributed by atoms with van der Waals surface area (Å²) >= 11 is 0. The first-order chi connectivity index (χ1) is 16.7. The molecule has 1 aromatic carbocycles. The summed E-state index contributed by atoms with van der Waals surface area (Å²) < 4.78 is 0. The smallest absolute Gasteiger partial charge is 0.228 e. The molecule has 6 nitrogen and oxygen atoms in total. The molecule has 5 aliphatic rings. The maximum Gasteiger partial charge on any atom is 0.228 e. The minimum absolute atomic E-state index is 0.0496. The van der Waals surface area contributed by atoms with Crippen LogP contribution in [0.25, 0.3) is 22.3 Å². The van der Waals surface area contributed by atoms with Crippen molar-refractivity contribution in [3.63, 3.8) is 0 Å². The van der Waals surface area contributed by atoms with E-state index in [0.717, 1.165) is 85.5 Å². The number of aromatic nitrogens is 3. The van der Waals surface area contributed by atoms with Crippen LogP contribution in [0.15, 0.2) is 48.8 Å². The van der Waals surface area contributed by atoms with Gasteiger partial charge in [0, 0.05) is 49.5 Å². The van der Waals surface area contributed by atoms with Crippen LogP contribution in [0, 0.1) is 23.2 Å². The van der Waals surface area contributed by atoms with Crippen LogP contribution < -0.4 is 4.90 Å². The Morgan fingerprint density at radius 3 is 2.24 bits per heavy atom. The highest BCUT2D eigenvalue weighted by Crippen LogP contribution is 2.60. The van der Waals surface area contributed by atoms with Gasteiger partial charge in [0.15, 0.2) is 5.82 Å². The number of nitrogens with zero attached hydrogens (tertiary/aromatic N) is 5. The Morgan fingerprint density at radius 2 is 1.56 bits per heavy atom. The fourth-order valence-corrected chi connectivity index (χ4v) is 7.75. The molecule has 0 unspecified atom stereocenters. The van der Waals surface area contributed by atoms with Gasteiger partial charge in [-0.25, -0.2) is 9.97 Å². The van der Waals surface area contributed by atoms with Crippen molar-refractivity contribution >= 4 is 22.6 Å². The third kappa shape index (κ3) is 3.29. The van der Waals surface area contributed by atoms with Gasteiger partial charge in [0.05, 0.1) is 10.9 Å². The zero-order valence-electron chi connectivity index (χ0n) is 19.6. The van der Waals surface area contributed by atoms with E-state index in [1.165, 1.54) is 19.3 Å². The summed E-state index contributed by atoms with van der Waals surface area (Å²) in [5, 5.41) is 1.07. The number of hydrogen-bond acceptors (Lipinski definition) is 5. The highest BCUT2D eigenvalue weighted by Gasteiger charge is 2.55. The Kier molecular flexibility index (Phi) is 4.64. The average Bonchev–Trinajstić information content (AvgIpc) is 2.87. The lowest BCUT2D eigenvalue weighted by Gasteiger charge is -2.57. The molecule has 3 heterocycles. The maximum atomic E-state index is 13.8. The quantitative estimate of drug-likeness (QED) is 0.582. The first-order valence-corrected chi connectivity index (χ1v) is 12.9. The number of carbonyl (C=O) groups is 1. The van der Waals surface area contributed by atoms with Crippen molar-refractivity contribution < 1.29 is 4.79 Å². The van der Waals surface area contributed by atoms with Crippen molar-refractivity contribution in [2.75, 3.05) is 31.1 Å². The molecule has 8 rings (SSSR count). The maximum absolute atomic E-state index is 13.8. The van der Waals surface area contributed by atoms with Gasteiger partial charge in [0.1, 0.15) is 5.82 Å². The third-order valence-corrected chi connectivity index (χ3v) is 8.86. The summed E-state index contributed by atoms with van der Waals surface area (Å²) in [6.45, 7) is 3.18. The van der Waals surface area contributed by atoms with Gasteiger partial charge in [0.2, 0.25) is 5.91 Å². The molecule has 0 spiro atoms. The van der Waals surface area contributed by atoms with Crippen LogP contribution in [0.2, 0.25) is 0 Å². The summed E-state index contributed by atoms with van der Waals surface area (Å²) in [7, 11) is 0. The molecule has 174 valence electrons. The third-order valence-electron chi connectivity index (χ3n) is 8.86. The number of para-hydroxylation sites is 1. The zero-order chi connectivity index (χ0) is 22.7. The van der Waals surface area contributed by atoms with Gasteiger partial charge in [-0.3, -0.25) is 9.78 Å². The van der Waals surface area contributed by atoms with Crippen molar-refractivity contribution in [1.82, 2.24) is 19.9 Å². The summed E-state index contributed by atoms with van der Waals surface area (Å²) in [6.07, 6.45) is 11.1. The van der Waals surface area contributed by atoms with E-state index in [9.17, 15) is 4.79 Å². The van der Waals surface area contributed by atoms with Crippen LogP contribution in [0.5, 0.6) is 0 Å². The lowest BCUT2D eigenvalue weighted by molar-refractivity contribution is -0.158.